The Balaban J connectivity index is 1.65. The van der Waals surface area contributed by atoms with Crippen LogP contribution in [0.1, 0.15) is 38.8 Å². The molecule has 1 saturated carbocycles. The Kier molecular flexibility index (Phi) is 4.32. The number of nitrogens with one attached hydrogen (secondary N) is 1. The van der Waals surface area contributed by atoms with Crippen LogP contribution < -0.4 is 5.32 Å². The van der Waals surface area contributed by atoms with Crippen LogP contribution >= 0.6 is 0 Å². The highest BCUT2D eigenvalue weighted by Gasteiger charge is 2.43. The summed E-state index contributed by atoms with van der Waals surface area (Å²) in [5.74, 6) is 0.551. The Hall–Kier alpha value is -1.81. The average molecular weight is 349 g/mol. The molecule has 0 amide bonds. The summed E-state index contributed by atoms with van der Waals surface area (Å²) < 4.78 is 7.40. The number of fused-ring (bicyclic) bond motifs is 1. The topological polar surface area (TPSA) is 126 Å². The SMILES string of the molecule is CC[C@H]1O[C@@H](n2cnc3c(N[C@@H]4CCC[C@H]4O)ncnc32)[C@H](O)[C@@H]1O. The molecular formula is C16H23N5O4. The maximum absolute atomic E-state index is 10.3. The van der Waals surface area contributed by atoms with Crippen LogP contribution in [0.5, 0.6) is 0 Å². The molecule has 1 saturated heterocycles. The molecule has 4 rings (SSSR count). The van der Waals surface area contributed by atoms with Crippen molar-refractivity contribution < 1.29 is 20.1 Å². The lowest BCUT2D eigenvalue weighted by Gasteiger charge is -2.18. The second-order valence-electron chi connectivity index (χ2n) is 6.75. The van der Waals surface area contributed by atoms with Gasteiger partial charge in [0.15, 0.2) is 23.2 Å². The van der Waals surface area contributed by atoms with Crippen molar-refractivity contribution in [1.82, 2.24) is 19.5 Å². The quantitative estimate of drug-likeness (QED) is 0.616. The van der Waals surface area contributed by atoms with Gasteiger partial charge in [-0.3, -0.25) is 4.57 Å². The standard InChI is InChI=1S/C16H23N5O4/c1-2-10-12(23)13(24)16(25-10)21-7-19-11-14(17-6-18-15(11)21)20-8-4-3-5-9(8)22/h6-10,12-13,16,22-24H,2-5H2,1H3,(H,17,18,20)/t8-,9-,10-,12-,13-,16-/m1/s1. The van der Waals surface area contributed by atoms with Crippen molar-refractivity contribution in [3.05, 3.63) is 12.7 Å². The van der Waals surface area contributed by atoms with E-state index in [1.807, 2.05) is 6.92 Å². The van der Waals surface area contributed by atoms with Crippen LogP contribution in [0.2, 0.25) is 0 Å². The zero-order valence-corrected chi connectivity index (χ0v) is 14.0. The lowest BCUT2D eigenvalue weighted by atomic mass is 10.1. The highest BCUT2D eigenvalue weighted by Crippen LogP contribution is 2.33. The molecule has 9 heteroatoms. The fourth-order valence-corrected chi connectivity index (χ4v) is 3.72. The molecule has 0 aromatic carbocycles. The summed E-state index contributed by atoms with van der Waals surface area (Å²) in [5.41, 5.74) is 1.06. The summed E-state index contributed by atoms with van der Waals surface area (Å²) in [5, 5.41) is 33.7. The van der Waals surface area contributed by atoms with Crippen LogP contribution in [0.15, 0.2) is 12.7 Å². The first-order valence-corrected chi connectivity index (χ1v) is 8.74. The van der Waals surface area contributed by atoms with Crippen molar-refractivity contribution in [2.24, 2.45) is 0 Å². The van der Waals surface area contributed by atoms with Crippen molar-refractivity contribution in [3.63, 3.8) is 0 Å². The molecule has 1 aliphatic heterocycles. The van der Waals surface area contributed by atoms with E-state index in [-0.39, 0.29) is 6.04 Å². The van der Waals surface area contributed by atoms with Crippen molar-refractivity contribution in [2.45, 2.75) is 69.3 Å². The molecule has 6 atom stereocenters. The molecule has 2 aliphatic rings. The minimum Gasteiger partial charge on any atom is -0.391 e. The van der Waals surface area contributed by atoms with Gasteiger partial charge in [-0.2, -0.15) is 0 Å². The van der Waals surface area contributed by atoms with Gasteiger partial charge in [-0.05, 0) is 25.7 Å². The molecule has 0 spiro atoms. The second-order valence-corrected chi connectivity index (χ2v) is 6.75. The van der Waals surface area contributed by atoms with Crippen molar-refractivity contribution in [1.29, 1.82) is 0 Å². The van der Waals surface area contributed by atoms with Gasteiger partial charge < -0.3 is 25.4 Å². The molecule has 2 aromatic rings. The van der Waals surface area contributed by atoms with E-state index >= 15 is 0 Å². The third kappa shape index (κ3) is 2.77. The van der Waals surface area contributed by atoms with E-state index in [1.165, 1.54) is 12.7 Å². The number of imidazole rings is 1. The van der Waals surface area contributed by atoms with Gasteiger partial charge in [0.1, 0.15) is 18.5 Å². The Morgan fingerprint density at radius 3 is 2.72 bits per heavy atom. The predicted octanol–water partition coefficient (Wildman–Crippen LogP) is 0.181. The molecule has 0 radical (unpaired) electrons. The monoisotopic (exact) mass is 349 g/mol. The first-order chi connectivity index (χ1) is 12.1. The Labute approximate surface area is 144 Å². The predicted molar refractivity (Wildman–Crippen MR) is 88.8 cm³/mol. The fourth-order valence-electron chi connectivity index (χ4n) is 3.72. The van der Waals surface area contributed by atoms with Crippen LogP contribution in [-0.4, -0.2) is 65.3 Å². The summed E-state index contributed by atoms with van der Waals surface area (Å²) in [4.78, 5) is 12.9. The van der Waals surface area contributed by atoms with Gasteiger partial charge in [0.2, 0.25) is 0 Å². The second kappa shape index (κ2) is 6.49. The average Bonchev–Trinajstić information content (AvgIpc) is 3.29. The van der Waals surface area contributed by atoms with Gasteiger partial charge in [0.05, 0.1) is 24.6 Å². The highest BCUT2D eigenvalue weighted by molar-refractivity contribution is 5.82. The molecule has 4 N–H and O–H groups in total. The minimum absolute atomic E-state index is 0.0529. The van der Waals surface area contributed by atoms with E-state index in [9.17, 15) is 15.3 Å². The van der Waals surface area contributed by atoms with Crippen LogP contribution in [-0.2, 0) is 4.74 Å². The van der Waals surface area contributed by atoms with Crippen LogP contribution in [0.3, 0.4) is 0 Å². The van der Waals surface area contributed by atoms with Crippen LogP contribution in [0.4, 0.5) is 5.82 Å². The minimum atomic E-state index is -1.05. The lowest BCUT2D eigenvalue weighted by Crippen LogP contribution is -2.31. The maximum Gasteiger partial charge on any atom is 0.167 e. The van der Waals surface area contributed by atoms with E-state index in [1.54, 1.807) is 4.57 Å². The van der Waals surface area contributed by atoms with E-state index in [0.29, 0.717) is 23.4 Å². The van der Waals surface area contributed by atoms with Crippen molar-refractivity contribution in [2.75, 3.05) is 5.32 Å². The van der Waals surface area contributed by atoms with Crippen LogP contribution in [0, 0.1) is 0 Å². The van der Waals surface area contributed by atoms with Gasteiger partial charge in [-0.25, -0.2) is 15.0 Å². The normalized spacial score (nSPS) is 35.5. The zero-order valence-electron chi connectivity index (χ0n) is 14.0. The van der Waals surface area contributed by atoms with E-state index < -0.39 is 30.6 Å². The molecule has 0 bridgehead atoms. The Morgan fingerprint density at radius 2 is 2.04 bits per heavy atom. The molecule has 2 fully saturated rings. The van der Waals surface area contributed by atoms with Crippen molar-refractivity contribution in [3.8, 4) is 0 Å². The molecule has 25 heavy (non-hydrogen) atoms. The highest BCUT2D eigenvalue weighted by atomic mass is 16.6. The van der Waals surface area contributed by atoms with Gasteiger partial charge in [-0.1, -0.05) is 6.92 Å². The summed E-state index contributed by atoms with van der Waals surface area (Å²) in [6, 6.07) is -0.0529. The van der Waals surface area contributed by atoms with Gasteiger partial charge >= 0.3 is 0 Å². The van der Waals surface area contributed by atoms with E-state index in [4.69, 9.17) is 4.74 Å². The summed E-state index contributed by atoms with van der Waals surface area (Å²) in [6.07, 6.45) is 2.62. The molecule has 3 heterocycles. The first-order valence-electron chi connectivity index (χ1n) is 8.74. The number of aliphatic hydroxyl groups is 3. The largest absolute Gasteiger partial charge is 0.391 e. The van der Waals surface area contributed by atoms with Crippen molar-refractivity contribution >= 4 is 17.0 Å². The maximum atomic E-state index is 10.3. The molecule has 1 aliphatic carbocycles. The number of nitrogens with zero attached hydrogens (tertiary/aromatic N) is 4. The first kappa shape index (κ1) is 16.6. The number of hydrogen-bond donors (Lipinski definition) is 4. The van der Waals surface area contributed by atoms with Gasteiger partial charge in [0.25, 0.3) is 0 Å². The Bertz CT molecular complexity index is 753. The Morgan fingerprint density at radius 1 is 1.20 bits per heavy atom. The zero-order chi connectivity index (χ0) is 17.6. The smallest absolute Gasteiger partial charge is 0.167 e. The molecular weight excluding hydrogens is 326 g/mol. The van der Waals surface area contributed by atoms with E-state index in [2.05, 4.69) is 20.3 Å². The number of ether oxygens (including phenoxy) is 1. The fraction of sp³-hybridized carbons (Fsp3) is 0.688. The number of hydrogen-bond acceptors (Lipinski definition) is 8. The molecule has 9 nitrogen and oxygen atoms in total. The van der Waals surface area contributed by atoms with Gasteiger partial charge in [0, 0.05) is 0 Å². The summed E-state index contributed by atoms with van der Waals surface area (Å²) in [6.45, 7) is 1.89. The molecule has 0 unspecified atom stereocenters. The summed E-state index contributed by atoms with van der Waals surface area (Å²) in [7, 11) is 0. The van der Waals surface area contributed by atoms with E-state index in [0.717, 1.165) is 19.3 Å². The number of rotatable bonds is 4. The van der Waals surface area contributed by atoms with Gasteiger partial charge in [-0.15, -0.1) is 0 Å². The third-order valence-corrected chi connectivity index (χ3v) is 5.17. The lowest BCUT2D eigenvalue weighted by molar-refractivity contribution is -0.0355. The molecule has 136 valence electrons. The number of aliphatic hydroxyl groups excluding tert-OH is 3. The summed E-state index contributed by atoms with van der Waals surface area (Å²) >= 11 is 0. The van der Waals surface area contributed by atoms with Crippen LogP contribution in [0.25, 0.3) is 11.2 Å². The molecule has 2 aromatic heterocycles. The number of aromatic nitrogens is 4. The third-order valence-electron chi connectivity index (χ3n) is 5.17. The number of anilines is 1.